The highest BCUT2D eigenvalue weighted by Gasteiger charge is 2.26. The van der Waals surface area contributed by atoms with Crippen molar-refractivity contribution < 1.29 is 13.2 Å². The smallest absolute Gasteiger partial charge is 0.272 e. The van der Waals surface area contributed by atoms with Crippen LogP contribution in [0.15, 0.2) is 4.21 Å². The van der Waals surface area contributed by atoms with E-state index in [-0.39, 0.29) is 15.3 Å². The predicted octanol–water partition coefficient (Wildman–Crippen LogP) is 0.955. The van der Waals surface area contributed by atoms with Crippen LogP contribution in [0.25, 0.3) is 0 Å². The summed E-state index contributed by atoms with van der Waals surface area (Å²) in [6.07, 6.45) is 0. The van der Waals surface area contributed by atoms with Crippen LogP contribution in [0, 0.1) is 18.3 Å². The maximum absolute atomic E-state index is 11.1. The minimum Gasteiger partial charge on any atom is -0.366 e. The van der Waals surface area contributed by atoms with Gasteiger partial charge in [-0.1, -0.05) is 0 Å². The lowest BCUT2D eigenvalue weighted by molar-refractivity contribution is 0.1000. The molecule has 5 nitrogen and oxygen atoms in total. The molecule has 2 N–H and O–H groups in total. The van der Waals surface area contributed by atoms with E-state index in [0.29, 0.717) is 4.88 Å². The molecule has 0 saturated carbocycles. The second kappa shape index (κ2) is 3.81. The number of amides is 1. The van der Waals surface area contributed by atoms with Crippen molar-refractivity contribution in [3.05, 3.63) is 16.0 Å². The summed E-state index contributed by atoms with van der Waals surface area (Å²) in [5, 5.41) is 8.75. The lowest BCUT2D eigenvalue weighted by Gasteiger charge is -1.93. The van der Waals surface area contributed by atoms with E-state index in [9.17, 15) is 13.2 Å². The van der Waals surface area contributed by atoms with Gasteiger partial charge in [-0.3, -0.25) is 4.79 Å². The Morgan fingerprint density at radius 1 is 1.60 bits per heavy atom. The molecule has 1 aromatic heterocycles. The Hall–Kier alpha value is -1.10. The molecule has 0 bridgehead atoms. The SMILES string of the molecule is Cc1sc(S(=O)(=O)Cl)c(C#N)c1C(N)=O. The molecule has 1 amide bonds. The Morgan fingerprint density at radius 3 is 2.47 bits per heavy atom. The number of hydrogen-bond acceptors (Lipinski definition) is 5. The highest BCUT2D eigenvalue weighted by molar-refractivity contribution is 8.15. The number of rotatable bonds is 2. The van der Waals surface area contributed by atoms with Gasteiger partial charge in [0.15, 0.2) is 4.21 Å². The van der Waals surface area contributed by atoms with Gasteiger partial charge in [-0.2, -0.15) is 5.26 Å². The molecule has 0 aliphatic rings. The van der Waals surface area contributed by atoms with Gasteiger partial charge in [0.25, 0.3) is 15.0 Å². The molecule has 0 unspecified atom stereocenters. The lowest BCUT2D eigenvalue weighted by atomic mass is 10.1. The molecular weight excluding hydrogens is 260 g/mol. The molecule has 0 aliphatic heterocycles. The molecule has 0 radical (unpaired) electrons. The average molecular weight is 265 g/mol. The minimum absolute atomic E-state index is 0.0817. The van der Waals surface area contributed by atoms with Crippen LogP contribution in [0.4, 0.5) is 0 Å². The van der Waals surface area contributed by atoms with E-state index < -0.39 is 15.0 Å². The summed E-state index contributed by atoms with van der Waals surface area (Å²) in [5.74, 6) is -0.841. The Balaban J connectivity index is 3.69. The molecule has 0 saturated heterocycles. The zero-order chi connectivity index (χ0) is 11.8. The number of thiophene rings is 1. The number of halogens is 1. The fourth-order valence-corrected chi connectivity index (χ4v) is 3.60. The molecule has 0 spiro atoms. The first-order chi connectivity index (χ1) is 6.79. The first-order valence-corrected chi connectivity index (χ1v) is 6.69. The van der Waals surface area contributed by atoms with Crippen LogP contribution >= 0.6 is 22.0 Å². The van der Waals surface area contributed by atoms with E-state index >= 15 is 0 Å². The molecule has 0 aliphatic carbocycles. The number of nitrogens with zero attached hydrogens (tertiary/aromatic N) is 1. The van der Waals surface area contributed by atoms with Crippen molar-refractivity contribution in [2.24, 2.45) is 5.73 Å². The van der Waals surface area contributed by atoms with Gasteiger partial charge >= 0.3 is 0 Å². The molecule has 8 heteroatoms. The highest BCUT2D eigenvalue weighted by atomic mass is 35.7. The van der Waals surface area contributed by atoms with Gasteiger partial charge in [0, 0.05) is 15.6 Å². The molecule has 15 heavy (non-hydrogen) atoms. The molecule has 1 heterocycles. The van der Waals surface area contributed by atoms with Crippen molar-refractivity contribution in [2.45, 2.75) is 11.1 Å². The Morgan fingerprint density at radius 2 is 2.13 bits per heavy atom. The van der Waals surface area contributed by atoms with Crippen LogP contribution < -0.4 is 5.73 Å². The van der Waals surface area contributed by atoms with Crippen LogP contribution in [0.3, 0.4) is 0 Å². The largest absolute Gasteiger partial charge is 0.366 e. The molecule has 1 rings (SSSR count). The van der Waals surface area contributed by atoms with Crippen LogP contribution in [0.2, 0.25) is 0 Å². The van der Waals surface area contributed by atoms with Gasteiger partial charge < -0.3 is 5.73 Å². The fraction of sp³-hybridized carbons (Fsp3) is 0.143. The summed E-state index contributed by atoms with van der Waals surface area (Å²) in [7, 11) is 1.09. The second-order valence-electron chi connectivity index (χ2n) is 2.61. The average Bonchev–Trinajstić information content (AvgIpc) is 2.41. The zero-order valence-corrected chi connectivity index (χ0v) is 9.83. The summed E-state index contributed by atoms with van der Waals surface area (Å²) in [6.45, 7) is 1.50. The Kier molecular flexibility index (Phi) is 3.04. The quantitative estimate of drug-likeness (QED) is 0.804. The van der Waals surface area contributed by atoms with E-state index in [1.54, 1.807) is 6.07 Å². The number of hydrogen-bond donors (Lipinski definition) is 1. The number of nitriles is 1. The Labute approximate surface area is 94.5 Å². The number of primary amides is 1. The number of carbonyl (C=O) groups is 1. The first-order valence-electron chi connectivity index (χ1n) is 3.57. The van der Waals surface area contributed by atoms with Crippen molar-refractivity contribution >= 4 is 37.0 Å². The van der Waals surface area contributed by atoms with Gasteiger partial charge in [-0.05, 0) is 6.92 Å². The Bertz CT molecular complexity index is 568. The predicted molar refractivity (Wildman–Crippen MR) is 55.3 cm³/mol. The van der Waals surface area contributed by atoms with Gasteiger partial charge in [0.05, 0.1) is 11.1 Å². The van der Waals surface area contributed by atoms with Crippen LogP contribution in [-0.2, 0) is 9.05 Å². The first kappa shape index (κ1) is 12.0. The van der Waals surface area contributed by atoms with Crippen molar-refractivity contribution in [2.75, 3.05) is 0 Å². The highest BCUT2D eigenvalue weighted by Crippen LogP contribution is 2.33. The van der Waals surface area contributed by atoms with Crippen LogP contribution in [0.5, 0.6) is 0 Å². The number of nitrogens with two attached hydrogens (primary N) is 1. The van der Waals surface area contributed by atoms with E-state index in [1.807, 2.05) is 0 Å². The molecule has 0 fully saturated rings. The van der Waals surface area contributed by atoms with E-state index in [0.717, 1.165) is 11.3 Å². The standard InChI is InChI=1S/C7H5ClN2O3S2/c1-3-5(6(10)11)4(2-9)7(14-3)15(8,12)13/h1H3,(H2,10,11). The third-order valence-corrected chi connectivity index (χ3v) is 4.82. The normalized spacial score (nSPS) is 11.0. The summed E-state index contributed by atoms with van der Waals surface area (Å²) in [4.78, 5) is 11.3. The van der Waals surface area contributed by atoms with Gasteiger partial charge in [0.2, 0.25) is 0 Å². The summed E-state index contributed by atoms with van der Waals surface area (Å²) in [5.41, 5.74) is 4.67. The molecule has 0 atom stereocenters. The maximum Gasteiger partial charge on any atom is 0.272 e. The minimum atomic E-state index is -4.02. The van der Waals surface area contributed by atoms with Gasteiger partial charge in [-0.15, -0.1) is 11.3 Å². The lowest BCUT2D eigenvalue weighted by Crippen LogP contribution is -2.13. The topological polar surface area (TPSA) is 101 Å². The second-order valence-corrected chi connectivity index (χ2v) is 6.60. The van der Waals surface area contributed by atoms with Crippen LogP contribution in [-0.4, -0.2) is 14.3 Å². The number of carbonyl (C=O) groups excluding carboxylic acids is 1. The van der Waals surface area contributed by atoms with E-state index in [2.05, 4.69) is 0 Å². The van der Waals surface area contributed by atoms with Crippen LogP contribution in [0.1, 0.15) is 20.8 Å². The number of aryl methyl sites for hydroxylation is 1. The molecule has 0 aromatic carbocycles. The summed E-state index contributed by atoms with van der Waals surface area (Å²) < 4.78 is 21.8. The van der Waals surface area contributed by atoms with Crippen molar-refractivity contribution in [3.8, 4) is 6.07 Å². The maximum atomic E-state index is 11.1. The van der Waals surface area contributed by atoms with Crippen molar-refractivity contribution in [1.82, 2.24) is 0 Å². The molecule has 80 valence electrons. The third kappa shape index (κ3) is 2.12. The van der Waals surface area contributed by atoms with Gasteiger partial charge in [-0.25, -0.2) is 8.42 Å². The fourth-order valence-electron chi connectivity index (χ4n) is 1.09. The summed E-state index contributed by atoms with van der Waals surface area (Å²) >= 11 is 0.758. The monoisotopic (exact) mass is 264 g/mol. The van der Waals surface area contributed by atoms with E-state index in [1.165, 1.54) is 6.92 Å². The molecule has 1 aromatic rings. The summed E-state index contributed by atoms with van der Waals surface area (Å²) in [6, 6.07) is 1.62. The van der Waals surface area contributed by atoms with Crippen molar-refractivity contribution in [3.63, 3.8) is 0 Å². The van der Waals surface area contributed by atoms with Gasteiger partial charge in [0.1, 0.15) is 6.07 Å². The third-order valence-electron chi connectivity index (χ3n) is 1.63. The van der Waals surface area contributed by atoms with E-state index in [4.69, 9.17) is 21.7 Å². The van der Waals surface area contributed by atoms with Crippen molar-refractivity contribution in [1.29, 1.82) is 5.26 Å². The molecular formula is C7H5ClN2O3S2. The zero-order valence-electron chi connectivity index (χ0n) is 7.44.